The highest BCUT2D eigenvalue weighted by atomic mass is 16.5. The maximum absolute atomic E-state index is 6.16. The van der Waals surface area contributed by atoms with Crippen molar-refractivity contribution in [1.82, 2.24) is 0 Å². The molecule has 2 saturated carbocycles. The first kappa shape index (κ1) is 18.3. The smallest absolute Gasteiger partial charge is 0.0603 e. The van der Waals surface area contributed by atoms with Crippen LogP contribution in [0.3, 0.4) is 0 Å². The maximum Gasteiger partial charge on any atom is 0.0603 e. The molecule has 0 bridgehead atoms. The number of hydrogen-bond donors (Lipinski definition) is 0. The molecule has 1 nitrogen and oxygen atoms in total. The van der Waals surface area contributed by atoms with E-state index in [4.69, 9.17) is 4.74 Å². The molecule has 0 amide bonds. The molecular formula is C21H40O. The Kier molecular flexibility index (Phi) is 7.74. The van der Waals surface area contributed by atoms with Gasteiger partial charge in [-0.05, 0) is 55.3 Å². The Morgan fingerprint density at radius 2 is 1.55 bits per heavy atom. The predicted octanol–water partition coefficient (Wildman–Crippen LogP) is 6.46. The minimum atomic E-state index is 0.535. The van der Waals surface area contributed by atoms with Crippen molar-refractivity contribution in [2.75, 3.05) is 6.61 Å². The lowest BCUT2D eigenvalue weighted by Gasteiger charge is -2.40. The molecule has 0 aromatic rings. The molecule has 0 aliphatic heterocycles. The molecule has 0 heterocycles. The normalized spacial score (nSPS) is 39.8. The number of hydrogen-bond acceptors (Lipinski definition) is 1. The maximum atomic E-state index is 6.16. The van der Waals surface area contributed by atoms with Gasteiger partial charge in [-0.3, -0.25) is 0 Å². The first-order valence-electron chi connectivity index (χ1n) is 10.2. The van der Waals surface area contributed by atoms with E-state index in [0.29, 0.717) is 6.10 Å². The lowest BCUT2D eigenvalue weighted by Crippen LogP contribution is -2.37. The summed E-state index contributed by atoms with van der Waals surface area (Å²) < 4.78 is 6.16. The van der Waals surface area contributed by atoms with E-state index in [1.54, 1.807) is 0 Å². The molecule has 130 valence electrons. The molecule has 22 heavy (non-hydrogen) atoms. The first-order chi connectivity index (χ1) is 10.6. The van der Waals surface area contributed by atoms with Gasteiger partial charge in [0.1, 0.15) is 0 Å². The van der Waals surface area contributed by atoms with E-state index in [0.717, 1.165) is 36.2 Å². The molecule has 0 aromatic carbocycles. The molecule has 4 atom stereocenters. The van der Waals surface area contributed by atoms with Crippen LogP contribution in [0.5, 0.6) is 0 Å². The van der Waals surface area contributed by atoms with Crippen LogP contribution in [0.4, 0.5) is 0 Å². The third kappa shape index (κ3) is 5.25. The average Bonchev–Trinajstić information content (AvgIpc) is 2.52. The van der Waals surface area contributed by atoms with Gasteiger partial charge >= 0.3 is 0 Å². The van der Waals surface area contributed by atoms with Crippen molar-refractivity contribution in [3.63, 3.8) is 0 Å². The summed E-state index contributed by atoms with van der Waals surface area (Å²) in [5, 5.41) is 0. The second-order valence-corrected chi connectivity index (χ2v) is 8.52. The molecule has 2 aliphatic rings. The zero-order chi connectivity index (χ0) is 15.9. The van der Waals surface area contributed by atoms with Crippen LogP contribution in [-0.2, 0) is 4.74 Å². The van der Waals surface area contributed by atoms with Gasteiger partial charge in [-0.25, -0.2) is 0 Å². The van der Waals surface area contributed by atoms with Crippen LogP contribution >= 0.6 is 0 Å². The molecule has 0 N–H and O–H groups in total. The van der Waals surface area contributed by atoms with Crippen LogP contribution in [-0.4, -0.2) is 12.7 Å². The van der Waals surface area contributed by atoms with Gasteiger partial charge in [0, 0.05) is 6.61 Å². The summed E-state index contributed by atoms with van der Waals surface area (Å²) in [7, 11) is 0. The molecule has 2 fully saturated rings. The lowest BCUT2D eigenvalue weighted by atomic mass is 9.69. The highest BCUT2D eigenvalue weighted by Crippen LogP contribution is 2.40. The fourth-order valence-corrected chi connectivity index (χ4v) is 4.76. The minimum Gasteiger partial charge on any atom is -0.378 e. The molecule has 0 aromatic heterocycles. The van der Waals surface area contributed by atoms with Crippen molar-refractivity contribution in [3.05, 3.63) is 0 Å². The van der Waals surface area contributed by atoms with E-state index in [-0.39, 0.29) is 0 Å². The Balaban J connectivity index is 1.70. The van der Waals surface area contributed by atoms with E-state index >= 15 is 0 Å². The van der Waals surface area contributed by atoms with Crippen LogP contribution in [0.1, 0.15) is 91.9 Å². The highest BCUT2D eigenvalue weighted by Gasteiger charge is 2.34. The van der Waals surface area contributed by atoms with Gasteiger partial charge in [-0.2, -0.15) is 0 Å². The Labute approximate surface area is 139 Å². The summed E-state index contributed by atoms with van der Waals surface area (Å²) >= 11 is 0. The highest BCUT2D eigenvalue weighted by molar-refractivity contribution is 4.84. The molecule has 0 saturated heterocycles. The van der Waals surface area contributed by atoms with Crippen LogP contribution < -0.4 is 0 Å². The van der Waals surface area contributed by atoms with Crippen molar-refractivity contribution < 1.29 is 4.74 Å². The third-order valence-electron chi connectivity index (χ3n) is 6.89. The molecule has 4 unspecified atom stereocenters. The zero-order valence-corrected chi connectivity index (χ0v) is 15.7. The van der Waals surface area contributed by atoms with Gasteiger partial charge in [0.2, 0.25) is 0 Å². The molecular weight excluding hydrogens is 268 g/mol. The number of ether oxygens (including phenoxy) is 1. The summed E-state index contributed by atoms with van der Waals surface area (Å²) in [4.78, 5) is 0. The minimum absolute atomic E-state index is 0.535. The Morgan fingerprint density at radius 1 is 0.818 bits per heavy atom. The summed E-state index contributed by atoms with van der Waals surface area (Å²) in [6, 6.07) is 0. The van der Waals surface area contributed by atoms with Crippen LogP contribution in [0, 0.1) is 29.6 Å². The Morgan fingerprint density at radius 3 is 2.23 bits per heavy atom. The molecule has 0 radical (unpaired) electrons. The quantitative estimate of drug-likeness (QED) is 0.490. The first-order valence-corrected chi connectivity index (χ1v) is 10.2. The fraction of sp³-hybridized carbons (Fsp3) is 1.00. The van der Waals surface area contributed by atoms with Gasteiger partial charge in [0.15, 0.2) is 0 Å². The van der Waals surface area contributed by atoms with E-state index in [1.165, 1.54) is 64.2 Å². The van der Waals surface area contributed by atoms with E-state index in [2.05, 4.69) is 27.7 Å². The second kappa shape index (κ2) is 9.30. The van der Waals surface area contributed by atoms with Crippen molar-refractivity contribution >= 4 is 0 Å². The fourth-order valence-electron chi connectivity index (χ4n) is 4.76. The van der Waals surface area contributed by atoms with Crippen LogP contribution in [0.25, 0.3) is 0 Å². The van der Waals surface area contributed by atoms with Crippen LogP contribution in [0.2, 0.25) is 0 Å². The van der Waals surface area contributed by atoms with Crippen molar-refractivity contribution in [3.8, 4) is 0 Å². The molecule has 2 rings (SSSR count). The van der Waals surface area contributed by atoms with Gasteiger partial charge in [0.05, 0.1) is 6.10 Å². The van der Waals surface area contributed by atoms with E-state index in [1.807, 2.05) is 0 Å². The SMILES string of the molecule is CCCCOC1CCC(CCC2CCC(C)CC2)C(C)C1C. The summed E-state index contributed by atoms with van der Waals surface area (Å²) in [6.07, 6.45) is 14.7. The van der Waals surface area contributed by atoms with Gasteiger partial charge in [-0.15, -0.1) is 0 Å². The predicted molar refractivity (Wildman–Crippen MR) is 96.1 cm³/mol. The van der Waals surface area contributed by atoms with Crippen molar-refractivity contribution in [2.45, 2.75) is 98.0 Å². The molecule has 1 heteroatoms. The van der Waals surface area contributed by atoms with Crippen molar-refractivity contribution in [2.24, 2.45) is 29.6 Å². The van der Waals surface area contributed by atoms with Crippen molar-refractivity contribution in [1.29, 1.82) is 0 Å². The summed E-state index contributed by atoms with van der Waals surface area (Å²) in [6.45, 7) is 10.6. The zero-order valence-electron chi connectivity index (χ0n) is 15.7. The molecule has 2 aliphatic carbocycles. The largest absolute Gasteiger partial charge is 0.378 e. The summed E-state index contributed by atoms with van der Waals surface area (Å²) in [5.41, 5.74) is 0. The van der Waals surface area contributed by atoms with Gasteiger partial charge in [0.25, 0.3) is 0 Å². The van der Waals surface area contributed by atoms with Crippen LogP contribution in [0.15, 0.2) is 0 Å². The number of rotatable bonds is 7. The monoisotopic (exact) mass is 308 g/mol. The number of unbranched alkanes of at least 4 members (excludes halogenated alkanes) is 1. The van der Waals surface area contributed by atoms with E-state index < -0.39 is 0 Å². The van der Waals surface area contributed by atoms with Gasteiger partial charge < -0.3 is 4.74 Å². The van der Waals surface area contributed by atoms with E-state index in [9.17, 15) is 0 Å². The topological polar surface area (TPSA) is 9.23 Å². The lowest BCUT2D eigenvalue weighted by molar-refractivity contribution is -0.0440. The molecule has 0 spiro atoms. The second-order valence-electron chi connectivity index (χ2n) is 8.52. The Bertz CT molecular complexity index is 292. The third-order valence-corrected chi connectivity index (χ3v) is 6.89. The standard InChI is InChI=1S/C21H40O/c1-5-6-15-22-21-14-13-20(17(3)18(21)4)12-11-19-9-7-16(2)8-10-19/h16-21H,5-15H2,1-4H3. The average molecular weight is 309 g/mol. The Hall–Kier alpha value is -0.0400. The summed E-state index contributed by atoms with van der Waals surface area (Å²) in [5.74, 6) is 4.59. The van der Waals surface area contributed by atoms with Gasteiger partial charge in [-0.1, -0.05) is 66.2 Å².